The van der Waals surface area contributed by atoms with Gasteiger partial charge in [-0.25, -0.2) is 0 Å². The molecule has 0 aliphatic rings. The summed E-state index contributed by atoms with van der Waals surface area (Å²) in [4.78, 5) is 15.0. The zero-order valence-electron chi connectivity index (χ0n) is 11.8. The number of ether oxygens (including phenoxy) is 1. The van der Waals surface area contributed by atoms with E-state index in [9.17, 15) is 4.79 Å². The molecule has 0 aliphatic heterocycles. The molecular formula is C16H19NO2S. The van der Waals surface area contributed by atoms with Crippen LogP contribution in [0.4, 0.5) is 5.69 Å². The first-order valence-corrected chi connectivity index (χ1v) is 7.47. The molecule has 0 amide bonds. The first-order chi connectivity index (χ1) is 9.65. The van der Waals surface area contributed by atoms with Gasteiger partial charge in [0.2, 0.25) is 0 Å². The molecule has 3 nitrogen and oxygen atoms in total. The number of nitrogens with zero attached hydrogens (tertiary/aromatic N) is 1. The van der Waals surface area contributed by atoms with Crippen LogP contribution in [0.1, 0.15) is 16.9 Å². The smallest absolute Gasteiger partial charge is 0.306 e. The molecule has 1 aromatic carbocycles. The molecule has 0 saturated carbocycles. The Morgan fingerprint density at radius 3 is 2.80 bits per heavy atom. The van der Waals surface area contributed by atoms with E-state index in [2.05, 4.69) is 0 Å². The summed E-state index contributed by atoms with van der Waals surface area (Å²) in [7, 11) is 3.98. The Labute approximate surface area is 123 Å². The summed E-state index contributed by atoms with van der Waals surface area (Å²) in [5.74, 6) is -0.145. The van der Waals surface area contributed by atoms with Gasteiger partial charge in [-0.15, -0.1) is 11.3 Å². The van der Waals surface area contributed by atoms with Crippen LogP contribution in [0.15, 0.2) is 41.8 Å². The standard InChI is InChI=1S/C16H19NO2S/c1-17(2)14-6-3-5-13(11-14)12-19-16(18)9-8-15-7-4-10-20-15/h3-7,10-11H,8-9,12H2,1-2H3. The van der Waals surface area contributed by atoms with E-state index >= 15 is 0 Å². The Kier molecular flexibility index (Phi) is 5.18. The molecule has 2 rings (SSSR count). The van der Waals surface area contributed by atoms with Gasteiger partial charge in [-0.3, -0.25) is 4.79 Å². The van der Waals surface area contributed by atoms with Crippen LogP contribution < -0.4 is 4.90 Å². The largest absolute Gasteiger partial charge is 0.461 e. The van der Waals surface area contributed by atoms with Gasteiger partial charge in [0, 0.05) is 24.7 Å². The first-order valence-electron chi connectivity index (χ1n) is 6.59. The van der Waals surface area contributed by atoms with Gasteiger partial charge in [-0.2, -0.15) is 0 Å². The summed E-state index contributed by atoms with van der Waals surface area (Å²) in [6, 6.07) is 12.1. The van der Waals surface area contributed by atoms with Gasteiger partial charge in [0.15, 0.2) is 0 Å². The first kappa shape index (κ1) is 14.6. The number of carbonyl (C=O) groups is 1. The Balaban J connectivity index is 1.79. The molecule has 0 spiro atoms. The maximum absolute atomic E-state index is 11.7. The second-order valence-corrected chi connectivity index (χ2v) is 5.84. The number of hydrogen-bond donors (Lipinski definition) is 0. The highest BCUT2D eigenvalue weighted by molar-refractivity contribution is 7.09. The molecule has 0 radical (unpaired) electrons. The van der Waals surface area contributed by atoms with Crippen molar-refractivity contribution in [2.75, 3.05) is 19.0 Å². The number of anilines is 1. The van der Waals surface area contributed by atoms with Crippen LogP contribution in [-0.4, -0.2) is 20.1 Å². The topological polar surface area (TPSA) is 29.5 Å². The summed E-state index contributed by atoms with van der Waals surface area (Å²) in [5.41, 5.74) is 2.12. The lowest BCUT2D eigenvalue weighted by Gasteiger charge is -2.13. The van der Waals surface area contributed by atoms with Gasteiger partial charge >= 0.3 is 5.97 Å². The van der Waals surface area contributed by atoms with Gasteiger partial charge in [0.25, 0.3) is 0 Å². The number of benzene rings is 1. The van der Waals surface area contributed by atoms with E-state index in [0.29, 0.717) is 13.0 Å². The fourth-order valence-corrected chi connectivity index (χ4v) is 2.55. The predicted octanol–water partition coefficient (Wildman–Crippen LogP) is 3.49. The van der Waals surface area contributed by atoms with Crippen molar-refractivity contribution in [1.29, 1.82) is 0 Å². The zero-order valence-corrected chi connectivity index (χ0v) is 12.7. The fraction of sp³-hybridized carbons (Fsp3) is 0.312. The average molecular weight is 289 g/mol. The highest BCUT2D eigenvalue weighted by atomic mass is 32.1. The quantitative estimate of drug-likeness (QED) is 0.762. The highest BCUT2D eigenvalue weighted by Crippen LogP contribution is 2.15. The van der Waals surface area contributed by atoms with Crippen molar-refractivity contribution in [1.82, 2.24) is 0 Å². The molecule has 2 aromatic rings. The molecule has 0 fully saturated rings. The molecule has 0 atom stereocenters. The van der Waals surface area contributed by atoms with Gasteiger partial charge in [0.05, 0.1) is 6.42 Å². The van der Waals surface area contributed by atoms with Crippen LogP contribution in [0, 0.1) is 0 Å². The number of thiophene rings is 1. The molecule has 0 unspecified atom stereocenters. The number of carbonyl (C=O) groups excluding carboxylic acids is 1. The second-order valence-electron chi connectivity index (χ2n) is 4.80. The van der Waals surface area contributed by atoms with Crippen molar-refractivity contribution >= 4 is 23.0 Å². The monoisotopic (exact) mass is 289 g/mol. The third-order valence-corrected chi connectivity index (χ3v) is 3.92. The van der Waals surface area contributed by atoms with Gasteiger partial charge in [0.1, 0.15) is 6.61 Å². The number of aryl methyl sites for hydroxylation is 1. The highest BCUT2D eigenvalue weighted by Gasteiger charge is 2.05. The van der Waals surface area contributed by atoms with Crippen molar-refractivity contribution < 1.29 is 9.53 Å². The van der Waals surface area contributed by atoms with Crippen LogP contribution >= 0.6 is 11.3 Å². The minimum Gasteiger partial charge on any atom is -0.461 e. The summed E-state index contributed by atoms with van der Waals surface area (Å²) in [5, 5.41) is 2.02. The van der Waals surface area contributed by atoms with Gasteiger partial charge in [-0.1, -0.05) is 18.2 Å². The fourth-order valence-electron chi connectivity index (χ4n) is 1.84. The lowest BCUT2D eigenvalue weighted by atomic mass is 10.2. The summed E-state index contributed by atoms with van der Waals surface area (Å²) >= 11 is 1.67. The van der Waals surface area contributed by atoms with Crippen molar-refractivity contribution in [3.05, 3.63) is 52.2 Å². The lowest BCUT2D eigenvalue weighted by Crippen LogP contribution is -2.09. The van der Waals surface area contributed by atoms with E-state index in [4.69, 9.17) is 4.74 Å². The minimum absolute atomic E-state index is 0.145. The van der Waals surface area contributed by atoms with Gasteiger partial charge in [-0.05, 0) is 35.6 Å². The number of esters is 1. The zero-order chi connectivity index (χ0) is 14.4. The van der Waals surface area contributed by atoms with Crippen LogP contribution in [-0.2, 0) is 22.6 Å². The normalized spacial score (nSPS) is 10.3. The Bertz CT molecular complexity index is 549. The lowest BCUT2D eigenvalue weighted by molar-refractivity contribution is -0.144. The third-order valence-electron chi connectivity index (χ3n) is 2.98. The molecule has 106 valence electrons. The van der Waals surface area contributed by atoms with Crippen LogP contribution in [0.3, 0.4) is 0 Å². The summed E-state index contributed by atoms with van der Waals surface area (Å²) in [6.45, 7) is 0.338. The number of rotatable bonds is 6. The van der Waals surface area contributed by atoms with Crippen molar-refractivity contribution in [3.8, 4) is 0 Å². The summed E-state index contributed by atoms with van der Waals surface area (Å²) in [6.07, 6.45) is 1.20. The number of hydrogen-bond acceptors (Lipinski definition) is 4. The second kappa shape index (κ2) is 7.10. The molecule has 1 aromatic heterocycles. The van der Waals surface area contributed by atoms with Crippen molar-refractivity contribution in [2.45, 2.75) is 19.4 Å². The minimum atomic E-state index is -0.145. The Morgan fingerprint density at radius 2 is 2.10 bits per heavy atom. The molecule has 0 bridgehead atoms. The van der Waals surface area contributed by atoms with E-state index in [1.807, 2.05) is 60.8 Å². The third kappa shape index (κ3) is 4.38. The van der Waals surface area contributed by atoms with E-state index in [0.717, 1.165) is 17.7 Å². The van der Waals surface area contributed by atoms with E-state index < -0.39 is 0 Å². The van der Waals surface area contributed by atoms with Crippen molar-refractivity contribution in [2.24, 2.45) is 0 Å². The van der Waals surface area contributed by atoms with E-state index in [-0.39, 0.29) is 5.97 Å². The predicted molar refractivity (Wildman–Crippen MR) is 83.2 cm³/mol. The van der Waals surface area contributed by atoms with Crippen LogP contribution in [0.2, 0.25) is 0 Å². The summed E-state index contributed by atoms with van der Waals surface area (Å²) < 4.78 is 5.31. The van der Waals surface area contributed by atoms with Gasteiger partial charge < -0.3 is 9.64 Å². The maximum Gasteiger partial charge on any atom is 0.306 e. The molecule has 0 N–H and O–H groups in total. The molecule has 0 saturated heterocycles. The molecule has 4 heteroatoms. The van der Waals surface area contributed by atoms with Crippen molar-refractivity contribution in [3.63, 3.8) is 0 Å². The Hall–Kier alpha value is -1.81. The van der Waals surface area contributed by atoms with Crippen LogP contribution in [0.25, 0.3) is 0 Å². The van der Waals surface area contributed by atoms with E-state index in [1.54, 1.807) is 11.3 Å². The molecular weight excluding hydrogens is 270 g/mol. The molecule has 0 aliphatic carbocycles. The average Bonchev–Trinajstić information content (AvgIpc) is 2.96. The van der Waals surface area contributed by atoms with Crippen LogP contribution in [0.5, 0.6) is 0 Å². The molecule has 1 heterocycles. The molecule has 20 heavy (non-hydrogen) atoms. The maximum atomic E-state index is 11.7. The SMILES string of the molecule is CN(C)c1cccc(COC(=O)CCc2cccs2)c1. The van der Waals surface area contributed by atoms with E-state index in [1.165, 1.54) is 4.88 Å². The Morgan fingerprint density at radius 1 is 1.25 bits per heavy atom.